The van der Waals surface area contributed by atoms with Crippen LogP contribution in [0.5, 0.6) is 0 Å². The van der Waals surface area contributed by atoms with Crippen molar-refractivity contribution in [2.24, 2.45) is 0 Å². The number of hydrogen-bond acceptors (Lipinski definition) is 4. The molecule has 0 aliphatic carbocycles. The van der Waals surface area contributed by atoms with E-state index < -0.39 is 5.60 Å². The SMILES string of the molecule is CC(C)(C)ONC(=O)CCNC(=O)c1ccsc1. The van der Waals surface area contributed by atoms with Gasteiger partial charge in [-0.15, -0.1) is 0 Å². The number of amides is 2. The first-order valence-electron chi connectivity index (χ1n) is 5.66. The topological polar surface area (TPSA) is 67.4 Å². The Balaban J connectivity index is 2.18. The lowest BCUT2D eigenvalue weighted by atomic mass is 10.2. The van der Waals surface area contributed by atoms with Crippen LogP contribution in [-0.2, 0) is 9.63 Å². The molecule has 0 saturated carbocycles. The van der Waals surface area contributed by atoms with E-state index in [0.717, 1.165) is 0 Å². The molecule has 100 valence electrons. The van der Waals surface area contributed by atoms with Gasteiger partial charge >= 0.3 is 0 Å². The summed E-state index contributed by atoms with van der Waals surface area (Å²) < 4.78 is 0. The fourth-order valence-corrected chi connectivity index (χ4v) is 1.68. The lowest BCUT2D eigenvalue weighted by molar-refractivity contribution is -0.145. The molecule has 1 aromatic heterocycles. The van der Waals surface area contributed by atoms with Crippen molar-refractivity contribution in [2.75, 3.05) is 6.54 Å². The third-order valence-electron chi connectivity index (χ3n) is 1.89. The van der Waals surface area contributed by atoms with Crippen LogP contribution < -0.4 is 10.8 Å². The van der Waals surface area contributed by atoms with Crippen LogP contribution in [-0.4, -0.2) is 24.0 Å². The highest BCUT2D eigenvalue weighted by Crippen LogP contribution is 2.05. The first kappa shape index (κ1) is 14.7. The van der Waals surface area contributed by atoms with E-state index in [1.54, 1.807) is 11.4 Å². The van der Waals surface area contributed by atoms with E-state index in [0.29, 0.717) is 5.56 Å². The average molecular weight is 270 g/mol. The summed E-state index contributed by atoms with van der Waals surface area (Å²) in [5.41, 5.74) is 2.54. The number of nitrogens with one attached hydrogen (secondary N) is 2. The van der Waals surface area contributed by atoms with Gasteiger partial charge in [-0.3, -0.25) is 14.4 Å². The second-order valence-corrected chi connectivity index (χ2v) is 5.54. The van der Waals surface area contributed by atoms with Crippen LogP contribution in [0.3, 0.4) is 0 Å². The standard InChI is InChI=1S/C12H18N2O3S/c1-12(2,3)17-14-10(15)4-6-13-11(16)9-5-7-18-8-9/h5,7-8H,4,6H2,1-3H3,(H,13,16)(H,14,15). The average Bonchev–Trinajstić information content (AvgIpc) is 2.78. The number of carbonyl (C=O) groups excluding carboxylic acids is 2. The van der Waals surface area contributed by atoms with Gasteiger partial charge in [0.05, 0.1) is 5.60 Å². The van der Waals surface area contributed by atoms with E-state index in [1.807, 2.05) is 26.2 Å². The van der Waals surface area contributed by atoms with E-state index in [9.17, 15) is 9.59 Å². The van der Waals surface area contributed by atoms with E-state index >= 15 is 0 Å². The normalized spacial score (nSPS) is 11.1. The molecule has 0 bridgehead atoms. The van der Waals surface area contributed by atoms with Crippen molar-refractivity contribution in [3.05, 3.63) is 22.4 Å². The largest absolute Gasteiger partial charge is 0.351 e. The molecule has 0 aliphatic rings. The summed E-state index contributed by atoms with van der Waals surface area (Å²) in [7, 11) is 0. The molecule has 0 radical (unpaired) electrons. The second kappa shape index (κ2) is 6.51. The maximum absolute atomic E-state index is 11.5. The van der Waals surface area contributed by atoms with E-state index in [-0.39, 0.29) is 24.8 Å². The Labute approximate surface area is 110 Å². The Hall–Kier alpha value is -1.40. The summed E-state index contributed by atoms with van der Waals surface area (Å²) >= 11 is 1.46. The highest BCUT2D eigenvalue weighted by Gasteiger charge is 2.13. The number of hydroxylamine groups is 1. The third kappa shape index (κ3) is 5.79. The predicted molar refractivity (Wildman–Crippen MR) is 70.2 cm³/mol. The molecular formula is C12H18N2O3S. The van der Waals surface area contributed by atoms with Crippen molar-refractivity contribution in [1.82, 2.24) is 10.8 Å². The minimum Gasteiger partial charge on any atom is -0.351 e. The fourth-order valence-electron chi connectivity index (χ4n) is 1.05. The summed E-state index contributed by atoms with van der Waals surface area (Å²) in [5.74, 6) is -0.420. The zero-order valence-corrected chi connectivity index (χ0v) is 11.6. The molecule has 0 aromatic carbocycles. The minimum absolute atomic E-state index is 0.166. The van der Waals surface area contributed by atoms with Crippen molar-refractivity contribution in [1.29, 1.82) is 0 Å². The minimum atomic E-state index is -0.421. The Morgan fingerprint density at radius 2 is 2.11 bits per heavy atom. The van der Waals surface area contributed by atoms with Crippen LogP contribution in [0.25, 0.3) is 0 Å². The van der Waals surface area contributed by atoms with Gasteiger partial charge in [0.1, 0.15) is 0 Å². The lowest BCUT2D eigenvalue weighted by Gasteiger charge is -2.18. The fraction of sp³-hybridized carbons (Fsp3) is 0.500. The van der Waals surface area contributed by atoms with Crippen LogP contribution in [0.1, 0.15) is 37.6 Å². The molecular weight excluding hydrogens is 252 g/mol. The zero-order chi connectivity index (χ0) is 13.6. The van der Waals surface area contributed by atoms with Gasteiger partial charge in [-0.25, -0.2) is 5.48 Å². The van der Waals surface area contributed by atoms with Gasteiger partial charge in [0, 0.05) is 23.9 Å². The molecule has 2 amide bonds. The summed E-state index contributed by atoms with van der Waals surface area (Å²) in [6.45, 7) is 5.80. The Morgan fingerprint density at radius 3 is 2.67 bits per heavy atom. The lowest BCUT2D eigenvalue weighted by Crippen LogP contribution is -2.35. The van der Waals surface area contributed by atoms with Crippen molar-refractivity contribution >= 4 is 23.2 Å². The van der Waals surface area contributed by atoms with Crippen molar-refractivity contribution in [2.45, 2.75) is 32.8 Å². The molecule has 0 saturated heterocycles. The number of rotatable bonds is 5. The summed E-state index contributed by atoms with van der Waals surface area (Å²) in [4.78, 5) is 28.0. The number of thiophene rings is 1. The third-order valence-corrected chi connectivity index (χ3v) is 2.58. The highest BCUT2D eigenvalue weighted by atomic mass is 32.1. The molecule has 0 spiro atoms. The van der Waals surface area contributed by atoms with Gasteiger partial charge in [-0.05, 0) is 32.2 Å². The predicted octanol–water partition coefficient (Wildman–Crippen LogP) is 1.71. The smallest absolute Gasteiger partial charge is 0.252 e. The summed E-state index contributed by atoms with van der Waals surface area (Å²) in [5, 5.41) is 6.26. The van der Waals surface area contributed by atoms with Crippen molar-refractivity contribution < 1.29 is 14.4 Å². The molecule has 1 rings (SSSR count). The van der Waals surface area contributed by atoms with Gasteiger partial charge < -0.3 is 5.32 Å². The van der Waals surface area contributed by atoms with Gasteiger partial charge in [0.25, 0.3) is 5.91 Å². The molecule has 0 unspecified atom stereocenters. The maximum atomic E-state index is 11.5. The van der Waals surface area contributed by atoms with Crippen LogP contribution in [0.2, 0.25) is 0 Å². The molecule has 0 aliphatic heterocycles. The van der Waals surface area contributed by atoms with Crippen molar-refractivity contribution in [3.63, 3.8) is 0 Å². The summed E-state index contributed by atoms with van der Waals surface area (Å²) in [6, 6.07) is 1.74. The molecule has 1 aromatic rings. The highest BCUT2D eigenvalue weighted by molar-refractivity contribution is 7.08. The van der Waals surface area contributed by atoms with E-state index in [4.69, 9.17) is 4.84 Å². The van der Waals surface area contributed by atoms with Gasteiger partial charge in [0.15, 0.2) is 0 Å². The number of hydrogen-bond donors (Lipinski definition) is 2. The van der Waals surface area contributed by atoms with E-state index in [1.165, 1.54) is 11.3 Å². The molecule has 5 nitrogen and oxygen atoms in total. The first-order chi connectivity index (χ1) is 8.38. The molecule has 6 heteroatoms. The van der Waals surface area contributed by atoms with Crippen LogP contribution in [0, 0.1) is 0 Å². The Bertz CT molecular complexity index is 396. The van der Waals surface area contributed by atoms with Crippen molar-refractivity contribution in [3.8, 4) is 0 Å². The second-order valence-electron chi connectivity index (χ2n) is 4.76. The van der Waals surface area contributed by atoms with Crippen LogP contribution >= 0.6 is 11.3 Å². The summed E-state index contributed by atoms with van der Waals surface area (Å²) in [6.07, 6.45) is 0.186. The first-order valence-corrected chi connectivity index (χ1v) is 6.60. The number of carbonyl (C=O) groups is 2. The molecule has 0 atom stereocenters. The quantitative estimate of drug-likeness (QED) is 0.800. The van der Waals surface area contributed by atoms with Gasteiger partial charge in [0.2, 0.25) is 5.91 Å². The van der Waals surface area contributed by atoms with Gasteiger partial charge in [-0.1, -0.05) is 0 Å². The van der Waals surface area contributed by atoms with Crippen LogP contribution in [0.15, 0.2) is 16.8 Å². The zero-order valence-electron chi connectivity index (χ0n) is 10.8. The molecule has 0 fully saturated rings. The maximum Gasteiger partial charge on any atom is 0.252 e. The van der Waals surface area contributed by atoms with Gasteiger partial charge in [-0.2, -0.15) is 11.3 Å². The molecule has 1 heterocycles. The van der Waals surface area contributed by atoms with Crippen LogP contribution in [0.4, 0.5) is 0 Å². The Kier molecular flexibility index (Phi) is 5.30. The Morgan fingerprint density at radius 1 is 1.39 bits per heavy atom. The monoisotopic (exact) mass is 270 g/mol. The van der Waals surface area contributed by atoms with E-state index in [2.05, 4.69) is 10.8 Å². The molecule has 18 heavy (non-hydrogen) atoms. The molecule has 2 N–H and O–H groups in total.